The Morgan fingerprint density at radius 3 is 2.33 bits per heavy atom. The molecule has 0 bridgehead atoms. The van der Waals surface area contributed by atoms with E-state index in [0.717, 1.165) is 17.5 Å². The maximum Gasteiger partial charge on any atom is 0.295 e. The summed E-state index contributed by atoms with van der Waals surface area (Å²) in [6.07, 6.45) is 0.884. The summed E-state index contributed by atoms with van der Waals surface area (Å²) in [5.74, 6) is -0.775. The fraction of sp³-hybridized carbons (Fsp3) is 0.120. The van der Waals surface area contributed by atoms with Crippen LogP contribution < -0.4 is 10.3 Å². The van der Waals surface area contributed by atoms with Crippen LogP contribution >= 0.6 is 0 Å². The second-order valence-corrected chi connectivity index (χ2v) is 7.32. The zero-order valence-corrected chi connectivity index (χ0v) is 16.3. The monoisotopic (exact) mass is 399 g/mol. The van der Waals surface area contributed by atoms with Gasteiger partial charge in [-0.3, -0.25) is 14.5 Å². The van der Waals surface area contributed by atoms with Gasteiger partial charge < -0.3 is 4.42 Å². The number of halogens is 1. The van der Waals surface area contributed by atoms with Crippen molar-refractivity contribution in [3.63, 3.8) is 0 Å². The van der Waals surface area contributed by atoms with Crippen molar-refractivity contribution >= 4 is 22.6 Å². The Bertz CT molecular complexity index is 1320. The summed E-state index contributed by atoms with van der Waals surface area (Å²) in [6, 6.07) is 19.8. The van der Waals surface area contributed by atoms with Gasteiger partial charge in [-0.25, -0.2) is 4.39 Å². The van der Waals surface area contributed by atoms with E-state index in [4.69, 9.17) is 4.42 Å². The predicted octanol–water partition coefficient (Wildman–Crippen LogP) is 5.24. The van der Waals surface area contributed by atoms with Crippen LogP contribution in [0.25, 0.3) is 11.0 Å². The van der Waals surface area contributed by atoms with Gasteiger partial charge in [-0.1, -0.05) is 43.3 Å². The van der Waals surface area contributed by atoms with E-state index in [9.17, 15) is 14.0 Å². The fourth-order valence-electron chi connectivity index (χ4n) is 4.04. The van der Waals surface area contributed by atoms with Crippen LogP contribution in [-0.2, 0) is 6.42 Å². The smallest absolute Gasteiger partial charge is 0.295 e. The number of hydrogen-bond donors (Lipinski definition) is 0. The SMILES string of the molecule is CCc1ccc(C2c3c(oc4ccccc4c3=O)C(=O)N2c2ccc(F)cc2)cc1. The predicted molar refractivity (Wildman–Crippen MR) is 113 cm³/mol. The Kier molecular flexibility index (Phi) is 4.24. The van der Waals surface area contributed by atoms with Crippen LogP contribution in [0.2, 0.25) is 0 Å². The molecule has 0 N–H and O–H groups in total. The summed E-state index contributed by atoms with van der Waals surface area (Å²) in [7, 11) is 0. The highest BCUT2D eigenvalue weighted by atomic mass is 19.1. The van der Waals surface area contributed by atoms with Crippen LogP contribution in [0.4, 0.5) is 10.1 Å². The number of amides is 1. The van der Waals surface area contributed by atoms with Crippen molar-refractivity contribution in [1.82, 2.24) is 0 Å². The quantitative estimate of drug-likeness (QED) is 0.473. The summed E-state index contributed by atoms with van der Waals surface area (Å²) in [5.41, 5.74) is 2.91. The minimum absolute atomic E-state index is 0.0348. The standard InChI is InChI=1S/C25H18FNO3/c1-2-15-7-9-16(10-8-15)22-21-23(28)19-5-3-4-6-20(19)30-24(21)25(29)27(22)18-13-11-17(26)12-14-18/h3-14,22H,2H2,1H3. The third-order valence-corrected chi connectivity index (χ3v) is 5.59. The first-order chi connectivity index (χ1) is 14.6. The average molecular weight is 399 g/mol. The zero-order valence-electron chi connectivity index (χ0n) is 16.3. The van der Waals surface area contributed by atoms with E-state index in [1.165, 1.54) is 29.2 Å². The van der Waals surface area contributed by atoms with Gasteiger partial charge in [-0.05, 0) is 53.9 Å². The Morgan fingerprint density at radius 1 is 0.933 bits per heavy atom. The molecule has 148 valence electrons. The summed E-state index contributed by atoms with van der Waals surface area (Å²) in [5, 5.41) is 0.431. The minimum Gasteiger partial charge on any atom is -0.450 e. The molecule has 4 aromatic rings. The lowest BCUT2D eigenvalue weighted by Crippen LogP contribution is -2.29. The Morgan fingerprint density at radius 2 is 1.63 bits per heavy atom. The highest BCUT2D eigenvalue weighted by molar-refractivity contribution is 6.10. The molecule has 0 saturated heterocycles. The lowest BCUT2D eigenvalue weighted by molar-refractivity contribution is 0.0971. The molecule has 1 aromatic heterocycles. The molecule has 0 aliphatic carbocycles. The van der Waals surface area contributed by atoms with E-state index in [2.05, 4.69) is 6.92 Å². The lowest BCUT2D eigenvalue weighted by atomic mass is 9.97. The molecule has 0 fully saturated rings. The average Bonchev–Trinajstić information content (AvgIpc) is 3.07. The van der Waals surface area contributed by atoms with Crippen LogP contribution in [0.15, 0.2) is 82.0 Å². The highest BCUT2D eigenvalue weighted by Gasteiger charge is 2.43. The number of para-hydroxylation sites is 1. The van der Waals surface area contributed by atoms with Crippen molar-refractivity contribution in [3.8, 4) is 0 Å². The molecule has 1 aliphatic heterocycles. The molecule has 1 atom stereocenters. The highest BCUT2D eigenvalue weighted by Crippen LogP contribution is 2.41. The third-order valence-electron chi connectivity index (χ3n) is 5.59. The first-order valence-corrected chi connectivity index (χ1v) is 9.82. The van der Waals surface area contributed by atoms with Crippen molar-refractivity contribution in [2.45, 2.75) is 19.4 Å². The normalized spacial score (nSPS) is 15.6. The van der Waals surface area contributed by atoms with Crippen molar-refractivity contribution < 1.29 is 13.6 Å². The van der Waals surface area contributed by atoms with Crippen LogP contribution in [0, 0.1) is 5.82 Å². The molecule has 1 aliphatic rings. The number of rotatable bonds is 3. The number of fused-ring (bicyclic) bond motifs is 2. The summed E-state index contributed by atoms with van der Waals surface area (Å²) in [6.45, 7) is 2.06. The molecule has 3 aromatic carbocycles. The summed E-state index contributed by atoms with van der Waals surface area (Å²) >= 11 is 0. The van der Waals surface area contributed by atoms with E-state index in [-0.39, 0.29) is 11.2 Å². The molecule has 4 nitrogen and oxygen atoms in total. The van der Waals surface area contributed by atoms with Crippen LogP contribution in [-0.4, -0.2) is 5.91 Å². The van der Waals surface area contributed by atoms with Gasteiger partial charge in [-0.2, -0.15) is 0 Å². The first kappa shape index (κ1) is 18.3. The second kappa shape index (κ2) is 6.95. The first-order valence-electron chi connectivity index (χ1n) is 9.82. The van der Waals surface area contributed by atoms with E-state index in [1.54, 1.807) is 24.3 Å². The van der Waals surface area contributed by atoms with Crippen molar-refractivity contribution in [1.29, 1.82) is 0 Å². The molecule has 0 spiro atoms. The largest absolute Gasteiger partial charge is 0.450 e. The van der Waals surface area contributed by atoms with Gasteiger partial charge in [0.25, 0.3) is 5.91 Å². The van der Waals surface area contributed by atoms with Gasteiger partial charge in [0.05, 0.1) is 17.0 Å². The third kappa shape index (κ3) is 2.74. The van der Waals surface area contributed by atoms with Gasteiger partial charge in [0.1, 0.15) is 11.4 Å². The van der Waals surface area contributed by atoms with Crippen molar-refractivity contribution in [3.05, 3.63) is 111 Å². The number of nitrogens with zero attached hydrogens (tertiary/aromatic N) is 1. The Labute approximate surface area is 172 Å². The Balaban J connectivity index is 1.78. The molecule has 5 heteroatoms. The minimum atomic E-state index is -0.648. The summed E-state index contributed by atoms with van der Waals surface area (Å²) < 4.78 is 19.4. The van der Waals surface area contributed by atoms with Gasteiger partial charge in [0.15, 0.2) is 5.43 Å². The number of carbonyl (C=O) groups is 1. The molecule has 0 saturated carbocycles. The van der Waals surface area contributed by atoms with E-state index >= 15 is 0 Å². The lowest BCUT2D eigenvalue weighted by Gasteiger charge is -2.25. The van der Waals surface area contributed by atoms with Crippen LogP contribution in [0.5, 0.6) is 0 Å². The molecule has 30 heavy (non-hydrogen) atoms. The van der Waals surface area contributed by atoms with Crippen LogP contribution in [0.3, 0.4) is 0 Å². The number of anilines is 1. The fourth-order valence-corrected chi connectivity index (χ4v) is 4.04. The molecular formula is C25H18FNO3. The van der Waals surface area contributed by atoms with E-state index < -0.39 is 17.8 Å². The molecule has 0 radical (unpaired) electrons. The molecular weight excluding hydrogens is 381 g/mol. The van der Waals surface area contributed by atoms with Gasteiger partial charge >= 0.3 is 0 Å². The molecule has 5 rings (SSSR count). The van der Waals surface area contributed by atoms with Gasteiger partial charge in [0, 0.05) is 5.69 Å². The molecule has 1 amide bonds. The number of aryl methyl sites for hydroxylation is 1. The maximum atomic E-state index is 13.5. The van der Waals surface area contributed by atoms with Crippen molar-refractivity contribution in [2.24, 2.45) is 0 Å². The number of hydrogen-bond acceptors (Lipinski definition) is 3. The molecule has 1 unspecified atom stereocenters. The second-order valence-electron chi connectivity index (χ2n) is 7.32. The summed E-state index contributed by atoms with van der Waals surface area (Å²) in [4.78, 5) is 28.3. The van der Waals surface area contributed by atoms with Crippen molar-refractivity contribution in [2.75, 3.05) is 4.90 Å². The number of benzene rings is 3. The Hall–Kier alpha value is -3.73. The topological polar surface area (TPSA) is 50.5 Å². The molecule has 2 heterocycles. The number of carbonyl (C=O) groups excluding carboxylic acids is 1. The van der Waals surface area contributed by atoms with Gasteiger partial charge in [-0.15, -0.1) is 0 Å². The van der Waals surface area contributed by atoms with E-state index in [0.29, 0.717) is 22.2 Å². The maximum absolute atomic E-state index is 13.5. The zero-order chi connectivity index (χ0) is 20.8. The van der Waals surface area contributed by atoms with E-state index in [1.807, 2.05) is 24.3 Å². The van der Waals surface area contributed by atoms with Crippen LogP contribution in [0.1, 0.15) is 40.2 Å². The van der Waals surface area contributed by atoms with Gasteiger partial charge in [0.2, 0.25) is 5.76 Å².